The van der Waals surface area contributed by atoms with E-state index in [1.807, 2.05) is 0 Å². The van der Waals surface area contributed by atoms with E-state index in [9.17, 15) is 0 Å². The molecule has 0 rings (SSSR count). The van der Waals surface area contributed by atoms with Gasteiger partial charge in [-0.15, -0.1) is 0 Å². The van der Waals surface area contributed by atoms with E-state index in [0.717, 1.165) is 26.1 Å². The lowest BCUT2D eigenvalue weighted by atomic mass is 10.1. The molecule has 0 heterocycles. The fourth-order valence-corrected chi connectivity index (χ4v) is 3.86. The molecule has 2 nitrogen and oxygen atoms in total. The van der Waals surface area contributed by atoms with Crippen LogP contribution in [0.25, 0.3) is 0 Å². The van der Waals surface area contributed by atoms with E-state index in [4.69, 9.17) is 8.85 Å². The lowest BCUT2D eigenvalue weighted by Gasteiger charge is -2.22. The second kappa shape index (κ2) is 16.7. The second-order valence-electron chi connectivity index (χ2n) is 6.97. The minimum absolute atomic E-state index is 0.842. The number of allylic oxidation sites excluding steroid dienone is 2. The number of hydrogen-bond donors (Lipinski definition) is 0. The van der Waals surface area contributed by atoms with Crippen LogP contribution >= 0.6 is 0 Å². The number of hydrogen-bond acceptors (Lipinski definition) is 2. The third-order valence-electron chi connectivity index (χ3n) is 4.05. The summed E-state index contributed by atoms with van der Waals surface area (Å²) in [6.45, 7) is 10.6. The Hall–Kier alpha value is -0.123. The summed E-state index contributed by atoms with van der Waals surface area (Å²) in [5, 5.41) is 0. The van der Waals surface area contributed by atoms with Crippen LogP contribution in [-0.2, 0) is 8.85 Å². The molecule has 0 spiro atoms. The van der Waals surface area contributed by atoms with Crippen LogP contribution in [0, 0.1) is 0 Å². The summed E-state index contributed by atoms with van der Waals surface area (Å²) < 4.78 is 12.0. The standard InChI is InChI=1S/C20H42O2Si/c1-5-7-9-11-13-14-16-18-20-22-23(3,4)21-19-17-15-12-10-8-6-2/h13-14H,5-12,15-20H2,1-4H3/b14-13+. The summed E-state index contributed by atoms with van der Waals surface area (Å²) >= 11 is 0. The lowest BCUT2D eigenvalue weighted by molar-refractivity contribution is 0.174. The average molecular weight is 343 g/mol. The van der Waals surface area contributed by atoms with Crippen molar-refractivity contribution >= 4 is 8.56 Å². The molecule has 0 N–H and O–H groups in total. The highest BCUT2D eigenvalue weighted by atomic mass is 28.4. The third kappa shape index (κ3) is 18.1. The van der Waals surface area contributed by atoms with Crippen molar-refractivity contribution in [1.82, 2.24) is 0 Å². The predicted octanol–water partition coefficient (Wildman–Crippen LogP) is 7.00. The normalized spacial score (nSPS) is 12.3. The second-order valence-corrected chi connectivity index (χ2v) is 10.4. The molecule has 0 aliphatic rings. The Labute approximate surface area is 147 Å². The maximum atomic E-state index is 6.01. The van der Waals surface area contributed by atoms with Crippen LogP contribution in [-0.4, -0.2) is 21.8 Å². The molecule has 0 unspecified atom stereocenters. The molecule has 0 aromatic rings. The van der Waals surface area contributed by atoms with Crippen molar-refractivity contribution in [3.63, 3.8) is 0 Å². The van der Waals surface area contributed by atoms with Gasteiger partial charge in [-0.05, 0) is 45.2 Å². The van der Waals surface area contributed by atoms with Gasteiger partial charge in [0.05, 0.1) is 0 Å². The first-order valence-electron chi connectivity index (χ1n) is 10.0. The Bertz CT molecular complexity index is 264. The first kappa shape index (κ1) is 22.9. The molecule has 3 heteroatoms. The zero-order chi connectivity index (χ0) is 17.2. The molecule has 0 aliphatic heterocycles. The molecule has 0 aromatic heterocycles. The number of rotatable bonds is 17. The predicted molar refractivity (Wildman–Crippen MR) is 105 cm³/mol. The van der Waals surface area contributed by atoms with Gasteiger partial charge in [-0.25, -0.2) is 0 Å². The SMILES string of the molecule is CCCCC/C=C/CCCO[Si](C)(C)OCCCCCCCC. The Balaban J connectivity index is 3.42. The van der Waals surface area contributed by atoms with Gasteiger partial charge >= 0.3 is 8.56 Å². The molecule has 0 aromatic carbocycles. The highest BCUT2D eigenvalue weighted by Crippen LogP contribution is 2.11. The van der Waals surface area contributed by atoms with Crippen LogP contribution in [0.15, 0.2) is 12.2 Å². The molecule has 0 saturated heterocycles. The highest BCUT2D eigenvalue weighted by molar-refractivity contribution is 6.64. The van der Waals surface area contributed by atoms with Crippen LogP contribution < -0.4 is 0 Å². The fraction of sp³-hybridized carbons (Fsp3) is 0.900. The average Bonchev–Trinajstić information content (AvgIpc) is 2.52. The van der Waals surface area contributed by atoms with Gasteiger partial charge in [0.1, 0.15) is 0 Å². The van der Waals surface area contributed by atoms with Crippen LogP contribution in [0.1, 0.15) is 90.9 Å². The molecule has 0 aliphatic carbocycles. The van der Waals surface area contributed by atoms with Crippen LogP contribution in [0.3, 0.4) is 0 Å². The van der Waals surface area contributed by atoms with E-state index in [1.165, 1.54) is 64.2 Å². The van der Waals surface area contributed by atoms with Crippen molar-refractivity contribution in [2.75, 3.05) is 13.2 Å². The maximum Gasteiger partial charge on any atom is 0.331 e. The third-order valence-corrected chi connectivity index (χ3v) is 5.85. The topological polar surface area (TPSA) is 18.5 Å². The van der Waals surface area contributed by atoms with Gasteiger partial charge in [0.2, 0.25) is 0 Å². The summed E-state index contributed by atoms with van der Waals surface area (Å²) in [6.07, 6.45) is 20.0. The first-order chi connectivity index (χ1) is 11.1. The Morgan fingerprint density at radius 1 is 0.609 bits per heavy atom. The molecule has 0 saturated carbocycles. The number of unbranched alkanes of at least 4 members (excludes halogenated alkanes) is 9. The molecular formula is C20H42O2Si. The highest BCUT2D eigenvalue weighted by Gasteiger charge is 2.23. The summed E-state index contributed by atoms with van der Waals surface area (Å²) in [7, 11) is -1.89. The van der Waals surface area contributed by atoms with E-state index < -0.39 is 8.56 Å². The maximum absolute atomic E-state index is 6.01. The zero-order valence-corrected chi connectivity index (χ0v) is 17.4. The summed E-state index contributed by atoms with van der Waals surface area (Å²) in [4.78, 5) is 0. The minimum atomic E-state index is -1.89. The molecule has 0 amide bonds. The fourth-order valence-electron chi connectivity index (χ4n) is 2.51. The quantitative estimate of drug-likeness (QED) is 0.161. The van der Waals surface area contributed by atoms with E-state index in [-0.39, 0.29) is 0 Å². The molecular weight excluding hydrogens is 300 g/mol. The summed E-state index contributed by atoms with van der Waals surface area (Å²) in [5.74, 6) is 0. The van der Waals surface area contributed by atoms with E-state index in [2.05, 4.69) is 39.1 Å². The molecule has 0 radical (unpaired) electrons. The van der Waals surface area contributed by atoms with Crippen molar-refractivity contribution in [2.24, 2.45) is 0 Å². The Kier molecular flexibility index (Phi) is 16.6. The van der Waals surface area contributed by atoms with Gasteiger partial charge in [0.15, 0.2) is 0 Å². The van der Waals surface area contributed by atoms with E-state index >= 15 is 0 Å². The van der Waals surface area contributed by atoms with Gasteiger partial charge in [-0.3, -0.25) is 0 Å². The van der Waals surface area contributed by atoms with Gasteiger partial charge in [-0.1, -0.05) is 70.9 Å². The Morgan fingerprint density at radius 2 is 1.09 bits per heavy atom. The molecule has 0 fully saturated rings. The zero-order valence-electron chi connectivity index (χ0n) is 16.4. The summed E-state index contributed by atoms with van der Waals surface area (Å²) in [6, 6.07) is 0. The monoisotopic (exact) mass is 342 g/mol. The van der Waals surface area contributed by atoms with Crippen LogP contribution in [0.5, 0.6) is 0 Å². The summed E-state index contributed by atoms with van der Waals surface area (Å²) in [5.41, 5.74) is 0. The van der Waals surface area contributed by atoms with Crippen LogP contribution in [0.4, 0.5) is 0 Å². The van der Waals surface area contributed by atoms with Crippen molar-refractivity contribution in [3.05, 3.63) is 12.2 Å². The van der Waals surface area contributed by atoms with Gasteiger partial charge < -0.3 is 8.85 Å². The van der Waals surface area contributed by atoms with Crippen molar-refractivity contribution in [2.45, 2.75) is 104 Å². The van der Waals surface area contributed by atoms with Crippen molar-refractivity contribution in [3.8, 4) is 0 Å². The smallest absolute Gasteiger partial charge is 0.331 e. The Morgan fingerprint density at radius 3 is 1.74 bits per heavy atom. The minimum Gasteiger partial charge on any atom is -0.395 e. The molecule has 138 valence electrons. The van der Waals surface area contributed by atoms with E-state index in [1.54, 1.807) is 0 Å². The lowest BCUT2D eigenvalue weighted by Crippen LogP contribution is -2.35. The van der Waals surface area contributed by atoms with Crippen molar-refractivity contribution < 1.29 is 8.85 Å². The molecule has 0 bridgehead atoms. The van der Waals surface area contributed by atoms with Gasteiger partial charge in [-0.2, -0.15) is 0 Å². The molecule has 23 heavy (non-hydrogen) atoms. The molecule has 0 atom stereocenters. The largest absolute Gasteiger partial charge is 0.395 e. The van der Waals surface area contributed by atoms with Gasteiger partial charge in [0.25, 0.3) is 0 Å². The van der Waals surface area contributed by atoms with Crippen LogP contribution in [0.2, 0.25) is 13.1 Å². The first-order valence-corrected chi connectivity index (χ1v) is 12.9. The van der Waals surface area contributed by atoms with Crippen molar-refractivity contribution in [1.29, 1.82) is 0 Å². The van der Waals surface area contributed by atoms with Gasteiger partial charge in [0, 0.05) is 13.2 Å². The van der Waals surface area contributed by atoms with E-state index in [0.29, 0.717) is 0 Å².